The molecule has 0 radical (unpaired) electrons. The second kappa shape index (κ2) is 7.11. The molecule has 1 amide bonds. The Morgan fingerprint density at radius 1 is 1.46 bits per heavy atom. The van der Waals surface area contributed by atoms with Crippen LogP contribution >= 0.6 is 0 Å². The molecule has 26 heavy (non-hydrogen) atoms. The number of carbonyl (C=O) groups is 1. The minimum absolute atomic E-state index is 0.0296. The van der Waals surface area contributed by atoms with E-state index in [0.29, 0.717) is 24.3 Å². The molecule has 2 heterocycles. The molecule has 0 saturated carbocycles. The number of nitrogens with zero attached hydrogens (tertiary/aromatic N) is 3. The number of benzene rings is 1. The van der Waals surface area contributed by atoms with Gasteiger partial charge in [0.05, 0.1) is 22.2 Å². The molecular formula is C17H21N5O4. The number of nitrogens with one attached hydrogen (secondary N) is 2. The number of hydrogen-bond donors (Lipinski definition) is 2. The Morgan fingerprint density at radius 3 is 2.92 bits per heavy atom. The van der Waals surface area contributed by atoms with E-state index in [9.17, 15) is 19.7 Å². The van der Waals surface area contributed by atoms with Crippen molar-refractivity contribution in [2.45, 2.75) is 32.7 Å². The maximum atomic E-state index is 12.0. The summed E-state index contributed by atoms with van der Waals surface area (Å²) in [7, 11) is 0. The maximum Gasteiger partial charge on any atom is 0.293 e. The summed E-state index contributed by atoms with van der Waals surface area (Å²) >= 11 is 0. The molecule has 1 aromatic carbocycles. The monoisotopic (exact) mass is 359 g/mol. The van der Waals surface area contributed by atoms with Crippen molar-refractivity contribution in [3.8, 4) is 0 Å². The van der Waals surface area contributed by atoms with Crippen molar-refractivity contribution in [1.29, 1.82) is 0 Å². The van der Waals surface area contributed by atoms with E-state index in [4.69, 9.17) is 0 Å². The Balaban J connectivity index is 1.95. The van der Waals surface area contributed by atoms with Gasteiger partial charge in [-0.05, 0) is 18.9 Å². The minimum Gasteiger partial charge on any atom is -0.364 e. The summed E-state index contributed by atoms with van der Waals surface area (Å²) in [5.74, 6) is -0.144. The van der Waals surface area contributed by atoms with Crippen molar-refractivity contribution in [1.82, 2.24) is 15.3 Å². The molecular weight excluding hydrogens is 338 g/mol. The van der Waals surface area contributed by atoms with E-state index in [-0.39, 0.29) is 28.9 Å². The molecule has 2 N–H and O–H groups in total. The quantitative estimate of drug-likeness (QED) is 0.631. The third-order valence-corrected chi connectivity index (χ3v) is 4.57. The number of aromatic nitrogens is 2. The third-order valence-electron chi connectivity index (χ3n) is 4.57. The highest BCUT2D eigenvalue weighted by Gasteiger charge is 2.28. The molecule has 1 fully saturated rings. The Bertz CT molecular complexity index is 908. The SMILES string of the molecule is CC(C)C(=O)NC1CCCN(c2cc3nc[nH]c(=O)c3cc2[N+](=O)[O-])C1. The van der Waals surface area contributed by atoms with E-state index in [1.165, 1.54) is 12.4 Å². The van der Waals surface area contributed by atoms with Gasteiger partial charge in [-0.25, -0.2) is 4.98 Å². The molecule has 1 aromatic heterocycles. The molecule has 3 rings (SSSR count). The minimum atomic E-state index is -0.489. The Kier molecular flexibility index (Phi) is 4.88. The van der Waals surface area contributed by atoms with Gasteiger partial charge in [-0.3, -0.25) is 19.7 Å². The van der Waals surface area contributed by atoms with Crippen LogP contribution < -0.4 is 15.8 Å². The van der Waals surface area contributed by atoms with Gasteiger partial charge in [0.2, 0.25) is 5.91 Å². The van der Waals surface area contributed by atoms with Crippen molar-refractivity contribution >= 4 is 28.2 Å². The van der Waals surface area contributed by atoms with Crippen LogP contribution in [0.4, 0.5) is 11.4 Å². The summed E-state index contributed by atoms with van der Waals surface area (Å²) < 4.78 is 0. The van der Waals surface area contributed by atoms with Crippen molar-refractivity contribution in [2.24, 2.45) is 5.92 Å². The smallest absolute Gasteiger partial charge is 0.293 e. The molecule has 138 valence electrons. The second-order valence-electron chi connectivity index (χ2n) is 6.80. The molecule has 9 heteroatoms. The van der Waals surface area contributed by atoms with Gasteiger partial charge in [0.1, 0.15) is 5.69 Å². The molecule has 1 aliphatic rings. The van der Waals surface area contributed by atoms with Crippen molar-refractivity contribution in [2.75, 3.05) is 18.0 Å². The van der Waals surface area contributed by atoms with E-state index in [2.05, 4.69) is 15.3 Å². The zero-order chi connectivity index (χ0) is 18.8. The zero-order valence-electron chi connectivity index (χ0n) is 14.7. The summed E-state index contributed by atoms with van der Waals surface area (Å²) in [6.07, 6.45) is 2.91. The van der Waals surface area contributed by atoms with E-state index in [1.54, 1.807) is 6.07 Å². The van der Waals surface area contributed by atoms with Crippen molar-refractivity contribution in [3.63, 3.8) is 0 Å². The zero-order valence-corrected chi connectivity index (χ0v) is 14.7. The van der Waals surface area contributed by atoms with Crippen molar-refractivity contribution < 1.29 is 9.72 Å². The van der Waals surface area contributed by atoms with Gasteiger partial charge >= 0.3 is 0 Å². The van der Waals surface area contributed by atoms with Crippen LogP contribution in [0.25, 0.3) is 10.9 Å². The first-order chi connectivity index (χ1) is 12.4. The summed E-state index contributed by atoms with van der Waals surface area (Å²) in [6.45, 7) is 4.78. The number of fused-ring (bicyclic) bond motifs is 1. The number of hydrogen-bond acceptors (Lipinski definition) is 6. The first-order valence-electron chi connectivity index (χ1n) is 8.58. The normalized spacial score (nSPS) is 17.5. The van der Waals surface area contributed by atoms with Crippen LogP contribution in [0.3, 0.4) is 0 Å². The van der Waals surface area contributed by atoms with E-state index < -0.39 is 10.5 Å². The highest BCUT2D eigenvalue weighted by atomic mass is 16.6. The van der Waals surface area contributed by atoms with Gasteiger partial charge in [0, 0.05) is 31.1 Å². The summed E-state index contributed by atoms with van der Waals surface area (Å²) in [4.78, 5) is 43.3. The van der Waals surface area contributed by atoms with Crippen LogP contribution in [0, 0.1) is 16.0 Å². The Labute approximate surface area is 149 Å². The maximum absolute atomic E-state index is 12.0. The van der Waals surface area contributed by atoms with Gasteiger partial charge in [-0.15, -0.1) is 0 Å². The lowest BCUT2D eigenvalue weighted by Gasteiger charge is -2.34. The Morgan fingerprint density at radius 2 is 2.23 bits per heavy atom. The van der Waals surface area contributed by atoms with E-state index >= 15 is 0 Å². The average molecular weight is 359 g/mol. The molecule has 1 atom stereocenters. The molecule has 0 spiro atoms. The van der Waals surface area contributed by atoms with Crippen LogP contribution in [0.2, 0.25) is 0 Å². The highest BCUT2D eigenvalue weighted by Crippen LogP contribution is 2.33. The van der Waals surface area contributed by atoms with Crippen LogP contribution in [0.5, 0.6) is 0 Å². The van der Waals surface area contributed by atoms with Gasteiger partial charge in [0.25, 0.3) is 11.2 Å². The number of anilines is 1. The lowest BCUT2D eigenvalue weighted by molar-refractivity contribution is -0.384. The van der Waals surface area contributed by atoms with Crippen LogP contribution in [0.1, 0.15) is 26.7 Å². The Hall–Kier alpha value is -2.97. The molecule has 0 aliphatic carbocycles. The molecule has 9 nitrogen and oxygen atoms in total. The molecule has 1 unspecified atom stereocenters. The fourth-order valence-electron chi connectivity index (χ4n) is 3.17. The highest BCUT2D eigenvalue weighted by molar-refractivity contribution is 5.87. The van der Waals surface area contributed by atoms with Crippen LogP contribution in [-0.4, -0.2) is 39.9 Å². The predicted molar refractivity (Wildman–Crippen MR) is 97.2 cm³/mol. The van der Waals surface area contributed by atoms with Crippen molar-refractivity contribution in [3.05, 3.63) is 38.9 Å². The van der Waals surface area contributed by atoms with E-state index in [1.807, 2.05) is 18.7 Å². The predicted octanol–water partition coefficient (Wildman–Crippen LogP) is 1.57. The number of amides is 1. The van der Waals surface area contributed by atoms with E-state index in [0.717, 1.165) is 12.8 Å². The number of nitro groups is 1. The second-order valence-corrected chi connectivity index (χ2v) is 6.80. The first kappa shape index (κ1) is 17.8. The van der Waals surface area contributed by atoms with Gasteiger partial charge in [-0.2, -0.15) is 0 Å². The number of nitro benzene ring substituents is 1. The number of H-pyrrole nitrogens is 1. The number of piperidine rings is 1. The number of rotatable bonds is 4. The van der Waals surface area contributed by atoms with Gasteiger partial charge in [0.15, 0.2) is 0 Å². The summed E-state index contributed by atoms with van der Waals surface area (Å²) in [6, 6.07) is 2.78. The third kappa shape index (κ3) is 3.51. The largest absolute Gasteiger partial charge is 0.364 e. The molecule has 2 aromatic rings. The average Bonchev–Trinajstić information content (AvgIpc) is 2.61. The fraction of sp³-hybridized carbons (Fsp3) is 0.471. The van der Waals surface area contributed by atoms with Gasteiger partial charge in [-0.1, -0.05) is 13.8 Å². The molecule has 1 saturated heterocycles. The lowest BCUT2D eigenvalue weighted by atomic mass is 10.0. The fourth-order valence-corrected chi connectivity index (χ4v) is 3.17. The topological polar surface area (TPSA) is 121 Å². The summed E-state index contributed by atoms with van der Waals surface area (Å²) in [5.41, 5.74) is 0.281. The number of carbonyl (C=O) groups excluding carboxylic acids is 1. The number of aromatic amines is 1. The van der Waals surface area contributed by atoms with Gasteiger partial charge < -0.3 is 15.2 Å². The standard InChI is InChI=1S/C17H21N5O4/c1-10(2)16(23)20-11-4-3-5-21(8-11)14-7-13-12(6-15(14)22(25)26)17(24)19-9-18-13/h6-7,9-11H,3-5,8H2,1-2H3,(H,20,23)(H,18,19,24). The van der Waals surface area contributed by atoms with Crippen LogP contribution in [0.15, 0.2) is 23.3 Å². The molecule has 1 aliphatic heterocycles. The lowest BCUT2D eigenvalue weighted by Crippen LogP contribution is -2.48. The van der Waals surface area contributed by atoms with Crippen LogP contribution in [-0.2, 0) is 4.79 Å². The molecule has 0 bridgehead atoms. The first-order valence-corrected chi connectivity index (χ1v) is 8.58. The summed E-state index contributed by atoms with van der Waals surface area (Å²) in [5, 5.41) is 14.7.